The second-order valence-corrected chi connectivity index (χ2v) is 5.46. The van der Waals surface area contributed by atoms with Gasteiger partial charge in [0, 0.05) is 18.0 Å². The van der Waals surface area contributed by atoms with Crippen molar-refractivity contribution in [2.75, 3.05) is 6.61 Å². The van der Waals surface area contributed by atoms with Crippen molar-refractivity contribution in [3.05, 3.63) is 18.4 Å². The van der Waals surface area contributed by atoms with E-state index in [1.54, 1.807) is 6.26 Å². The lowest BCUT2D eigenvalue weighted by atomic mass is 9.62. The summed E-state index contributed by atoms with van der Waals surface area (Å²) in [5, 5.41) is 13.2. The van der Waals surface area contributed by atoms with Gasteiger partial charge in [0.15, 0.2) is 6.39 Å². The smallest absolute Gasteiger partial charge is 0.180 e. The van der Waals surface area contributed by atoms with E-state index in [-0.39, 0.29) is 12.0 Å². The standard InChI is InChI=1S/C13H22N2O2/c1-10(2)12(13(8-16)4-3-5-13)14-6-11-7-17-9-15-11/h7,9-10,12,14,16H,3-6,8H2,1-2H3. The number of hydrogen-bond donors (Lipinski definition) is 2. The Hall–Kier alpha value is -0.870. The van der Waals surface area contributed by atoms with Crippen LogP contribution in [-0.4, -0.2) is 22.7 Å². The van der Waals surface area contributed by atoms with Crippen LogP contribution in [-0.2, 0) is 6.54 Å². The van der Waals surface area contributed by atoms with Gasteiger partial charge in [-0.15, -0.1) is 0 Å². The molecule has 1 saturated carbocycles. The molecule has 0 aromatic carbocycles. The van der Waals surface area contributed by atoms with Gasteiger partial charge >= 0.3 is 0 Å². The van der Waals surface area contributed by atoms with Gasteiger partial charge in [0.25, 0.3) is 0 Å². The molecule has 1 aromatic rings. The molecule has 1 aromatic heterocycles. The van der Waals surface area contributed by atoms with Crippen LogP contribution in [0.5, 0.6) is 0 Å². The van der Waals surface area contributed by atoms with Crippen LogP contribution in [0, 0.1) is 11.3 Å². The molecule has 0 spiro atoms. The fraction of sp³-hybridized carbons (Fsp3) is 0.769. The van der Waals surface area contributed by atoms with E-state index < -0.39 is 0 Å². The lowest BCUT2D eigenvalue weighted by Gasteiger charge is -2.48. The van der Waals surface area contributed by atoms with Crippen molar-refractivity contribution in [1.82, 2.24) is 10.3 Å². The normalized spacial score (nSPS) is 20.2. The molecule has 0 radical (unpaired) electrons. The fourth-order valence-corrected chi connectivity index (χ4v) is 2.90. The second-order valence-electron chi connectivity index (χ2n) is 5.46. The maximum absolute atomic E-state index is 9.64. The molecule has 1 heterocycles. The SMILES string of the molecule is CC(C)C(NCc1cocn1)C1(CO)CCC1. The summed E-state index contributed by atoms with van der Waals surface area (Å²) in [6.07, 6.45) is 6.59. The van der Waals surface area contributed by atoms with Crippen LogP contribution in [0.3, 0.4) is 0 Å². The van der Waals surface area contributed by atoms with Crippen molar-refractivity contribution in [3.8, 4) is 0 Å². The molecule has 0 saturated heterocycles. The van der Waals surface area contributed by atoms with Crippen molar-refractivity contribution in [3.63, 3.8) is 0 Å². The van der Waals surface area contributed by atoms with E-state index in [4.69, 9.17) is 4.42 Å². The predicted octanol–water partition coefficient (Wildman–Crippen LogP) is 1.95. The van der Waals surface area contributed by atoms with Crippen LogP contribution in [0.15, 0.2) is 17.1 Å². The zero-order valence-corrected chi connectivity index (χ0v) is 10.6. The molecule has 96 valence electrons. The highest BCUT2D eigenvalue weighted by atomic mass is 16.3. The zero-order chi connectivity index (χ0) is 12.3. The van der Waals surface area contributed by atoms with Gasteiger partial charge in [-0.1, -0.05) is 20.3 Å². The molecule has 1 fully saturated rings. The van der Waals surface area contributed by atoms with Crippen molar-refractivity contribution in [2.24, 2.45) is 11.3 Å². The van der Waals surface area contributed by atoms with Gasteiger partial charge in [-0.25, -0.2) is 4.98 Å². The largest absolute Gasteiger partial charge is 0.451 e. The van der Waals surface area contributed by atoms with E-state index in [2.05, 4.69) is 24.1 Å². The lowest BCUT2D eigenvalue weighted by Crippen LogP contribution is -2.54. The average molecular weight is 238 g/mol. The first-order chi connectivity index (χ1) is 8.18. The molecule has 2 rings (SSSR count). The van der Waals surface area contributed by atoms with Crippen LogP contribution < -0.4 is 5.32 Å². The average Bonchev–Trinajstić information content (AvgIpc) is 2.74. The number of aromatic nitrogens is 1. The number of nitrogens with one attached hydrogen (secondary N) is 1. The van der Waals surface area contributed by atoms with Gasteiger partial charge < -0.3 is 14.8 Å². The highest BCUT2D eigenvalue weighted by molar-refractivity contribution is 5.00. The Morgan fingerprint density at radius 2 is 2.29 bits per heavy atom. The van der Waals surface area contributed by atoms with Gasteiger partial charge in [-0.2, -0.15) is 0 Å². The van der Waals surface area contributed by atoms with E-state index in [1.165, 1.54) is 12.8 Å². The number of aliphatic hydroxyl groups is 1. The summed E-state index contributed by atoms with van der Waals surface area (Å²) in [5.41, 5.74) is 1.00. The molecule has 1 aliphatic carbocycles. The number of rotatable bonds is 6. The lowest BCUT2D eigenvalue weighted by molar-refractivity contribution is -0.0102. The third-order valence-electron chi connectivity index (χ3n) is 3.98. The van der Waals surface area contributed by atoms with Crippen LogP contribution in [0.4, 0.5) is 0 Å². The van der Waals surface area contributed by atoms with Crippen LogP contribution >= 0.6 is 0 Å². The van der Waals surface area contributed by atoms with Crippen molar-refractivity contribution >= 4 is 0 Å². The van der Waals surface area contributed by atoms with Crippen molar-refractivity contribution in [1.29, 1.82) is 0 Å². The highest BCUT2D eigenvalue weighted by Gasteiger charge is 2.44. The van der Waals surface area contributed by atoms with Crippen molar-refractivity contribution < 1.29 is 9.52 Å². The Bertz CT molecular complexity index is 326. The Balaban J connectivity index is 1.97. The van der Waals surface area contributed by atoms with E-state index in [1.807, 2.05) is 0 Å². The van der Waals surface area contributed by atoms with Crippen LogP contribution in [0.25, 0.3) is 0 Å². The highest BCUT2D eigenvalue weighted by Crippen LogP contribution is 2.45. The monoisotopic (exact) mass is 238 g/mol. The van der Waals surface area contributed by atoms with Gasteiger partial charge in [0.05, 0.1) is 12.3 Å². The topological polar surface area (TPSA) is 58.3 Å². The molecule has 2 N–H and O–H groups in total. The van der Waals surface area contributed by atoms with Gasteiger partial charge in [0.2, 0.25) is 0 Å². The molecule has 1 atom stereocenters. The Morgan fingerprint density at radius 1 is 1.53 bits per heavy atom. The second kappa shape index (κ2) is 5.19. The predicted molar refractivity (Wildman–Crippen MR) is 65.3 cm³/mol. The zero-order valence-electron chi connectivity index (χ0n) is 10.6. The summed E-state index contributed by atoms with van der Waals surface area (Å²) in [5.74, 6) is 0.509. The maximum atomic E-state index is 9.64. The molecular formula is C13H22N2O2. The number of aliphatic hydroxyl groups excluding tert-OH is 1. The summed E-state index contributed by atoms with van der Waals surface area (Å²) in [4.78, 5) is 4.11. The third kappa shape index (κ3) is 2.53. The van der Waals surface area contributed by atoms with Gasteiger partial charge in [-0.05, 0) is 18.8 Å². The van der Waals surface area contributed by atoms with E-state index >= 15 is 0 Å². The molecule has 0 amide bonds. The van der Waals surface area contributed by atoms with Crippen LogP contribution in [0.1, 0.15) is 38.8 Å². The minimum Gasteiger partial charge on any atom is -0.451 e. The molecule has 0 bridgehead atoms. The molecule has 1 unspecified atom stereocenters. The van der Waals surface area contributed by atoms with E-state index in [0.29, 0.717) is 18.5 Å². The number of oxazole rings is 1. The van der Waals surface area contributed by atoms with Crippen molar-refractivity contribution in [2.45, 2.75) is 45.7 Å². The van der Waals surface area contributed by atoms with Crippen LogP contribution in [0.2, 0.25) is 0 Å². The molecular weight excluding hydrogens is 216 g/mol. The van der Waals surface area contributed by atoms with E-state index in [9.17, 15) is 5.11 Å². The summed E-state index contributed by atoms with van der Waals surface area (Å²) < 4.78 is 4.96. The maximum Gasteiger partial charge on any atom is 0.180 e. The first-order valence-corrected chi connectivity index (χ1v) is 6.39. The molecule has 4 heteroatoms. The fourth-order valence-electron chi connectivity index (χ4n) is 2.90. The molecule has 0 aliphatic heterocycles. The Kier molecular flexibility index (Phi) is 3.84. The first kappa shape index (κ1) is 12.6. The number of nitrogens with zero attached hydrogens (tertiary/aromatic N) is 1. The minimum atomic E-state index is 0.0813. The summed E-state index contributed by atoms with van der Waals surface area (Å²) >= 11 is 0. The summed E-state index contributed by atoms with van der Waals surface area (Å²) in [7, 11) is 0. The summed E-state index contributed by atoms with van der Waals surface area (Å²) in [6, 6.07) is 0.345. The molecule has 4 nitrogen and oxygen atoms in total. The van der Waals surface area contributed by atoms with E-state index in [0.717, 1.165) is 18.5 Å². The molecule has 17 heavy (non-hydrogen) atoms. The first-order valence-electron chi connectivity index (χ1n) is 6.39. The Morgan fingerprint density at radius 3 is 2.71 bits per heavy atom. The number of hydrogen-bond acceptors (Lipinski definition) is 4. The Labute approximate surface area is 102 Å². The van der Waals surface area contributed by atoms with Gasteiger partial charge in [-0.3, -0.25) is 0 Å². The quantitative estimate of drug-likeness (QED) is 0.795. The minimum absolute atomic E-state index is 0.0813. The van der Waals surface area contributed by atoms with Gasteiger partial charge in [0.1, 0.15) is 6.26 Å². The summed E-state index contributed by atoms with van der Waals surface area (Å²) in [6.45, 7) is 5.40. The molecule has 1 aliphatic rings. The third-order valence-corrected chi connectivity index (χ3v) is 3.98.